The van der Waals surface area contributed by atoms with Crippen LogP contribution < -0.4 is 10.6 Å². The second kappa shape index (κ2) is 8.05. The fourth-order valence-corrected chi connectivity index (χ4v) is 2.84. The number of aliphatic imine (C=N–C) groups is 1. The average molecular weight is 295 g/mol. The minimum Gasteiger partial charge on any atom is -0.326 e. The molecule has 5 nitrogen and oxygen atoms in total. The van der Waals surface area contributed by atoms with E-state index in [9.17, 15) is 0 Å². The zero-order valence-electron chi connectivity index (χ0n) is 12.8. The SMILES string of the molecule is CC(/N=C(\NC#N)Nc1ccc(C#N)cc1)C1CCCCC1. The summed E-state index contributed by atoms with van der Waals surface area (Å²) in [4.78, 5) is 4.63. The second-order valence-corrected chi connectivity index (χ2v) is 5.67. The lowest BCUT2D eigenvalue weighted by Gasteiger charge is -2.25. The Balaban J connectivity index is 2.05. The van der Waals surface area contributed by atoms with E-state index in [1.54, 1.807) is 24.3 Å². The number of guanidine groups is 1. The molecular weight excluding hydrogens is 274 g/mol. The molecule has 0 amide bonds. The van der Waals surface area contributed by atoms with Crippen molar-refractivity contribution in [1.29, 1.82) is 10.5 Å². The van der Waals surface area contributed by atoms with Gasteiger partial charge in [0.1, 0.15) is 0 Å². The number of anilines is 1. The Morgan fingerprint density at radius 2 is 1.86 bits per heavy atom. The summed E-state index contributed by atoms with van der Waals surface area (Å²) < 4.78 is 0. The zero-order chi connectivity index (χ0) is 15.8. The van der Waals surface area contributed by atoms with Crippen LogP contribution in [-0.2, 0) is 0 Å². The van der Waals surface area contributed by atoms with Crippen molar-refractivity contribution >= 4 is 11.6 Å². The fourth-order valence-electron chi connectivity index (χ4n) is 2.84. The number of nitrogens with zero attached hydrogens (tertiary/aromatic N) is 3. The molecule has 0 aliphatic heterocycles. The van der Waals surface area contributed by atoms with E-state index in [0.29, 0.717) is 17.4 Å². The molecule has 0 spiro atoms. The highest BCUT2D eigenvalue weighted by Crippen LogP contribution is 2.27. The van der Waals surface area contributed by atoms with E-state index in [-0.39, 0.29) is 6.04 Å². The Labute approximate surface area is 131 Å². The number of nitriles is 2. The van der Waals surface area contributed by atoms with E-state index < -0.39 is 0 Å². The van der Waals surface area contributed by atoms with Crippen LogP contribution in [0, 0.1) is 28.7 Å². The van der Waals surface area contributed by atoms with Crippen LogP contribution in [-0.4, -0.2) is 12.0 Å². The van der Waals surface area contributed by atoms with Gasteiger partial charge in [0.2, 0.25) is 5.96 Å². The molecule has 0 aromatic heterocycles. The predicted molar refractivity (Wildman–Crippen MR) is 87.0 cm³/mol. The van der Waals surface area contributed by atoms with Crippen molar-refractivity contribution < 1.29 is 0 Å². The Morgan fingerprint density at radius 3 is 2.45 bits per heavy atom. The van der Waals surface area contributed by atoms with E-state index in [1.807, 2.05) is 6.19 Å². The highest BCUT2D eigenvalue weighted by atomic mass is 15.2. The summed E-state index contributed by atoms with van der Waals surface area (Å²) in [7, 11) is 0. The molecule has 0 saturated heterocycles. The van der Waals surface area contributed by atoms with Crippen molar-refractivity contribution in [2.24, 2.45) is 10.9 Å². The van der Waals surface area contributed by atoms with Gasteiger partial charge in [0.15, 0.2) is 6.19 Å². The van der Waals surface area contributed by atoms with E-state index in [2.05, 4.69) is 28.6 Å². The lowest BCUT2D eigenvalue weighted by molar-refractivity contribution is 0.317. The molecule has 2 N–H and O–H groups in total. The van der Waals surface area contributed by atoms with Crippen molar-refractivity contribution in [1.82, 2.24) is 5.32 Å². The molecule has 0 heterocycles. The van der Waals surface area contributed by atoms with Crippen LogP contribution in [0.4, 0.5) is 5.69 Å². The predicted octanol–water partition coefficient (Wildman–Crippen LogP) is 3.37. The summed E-state index contributed by atoms with van der Waals surface area (Å²) in [5.41, 5.74) is 1.41. The van der Waals surface area contributed by atoms with Gasteiger partial charge >= 0.3 is 0 Å². The molecule has 1 aliphatic rings. The van der Waals surface area contributed by atoms with Gasteiger partial charge in [-0.25, -0.2) is 4.99 Å². The lowest BCUT2D eigenvalue weighted by atomic mass is 9.85. The highest BCUT2D eigenvalue weighted by molar-refractivity contribution is 5.94. The van der Waals surface area contributed by atoms with E-state index in [0.717, 1.165) is 5.69 Å². The molecule has 1 fully saturated rings. The maximum atomic E-state index is 8.90. The van der Waals surface area contributed by atoms with Crippen LogP contribution in [0.1, 0.15) is 44.6 Å². The molecule has 0 bridgehead atoms. The number of benzene rings is 1. The third kappa shape index (κ3) is 4.49. The Kier molecular flexibility index (Phi) is 5.80. The lowest BCUT2D eigenvalue weighted by Crippen LogP contribution is -2.30. The van der Waals surface area contributed by atoms with Crippen molar-refractivity contribution in [2.75, 3.05) is 5.32 Å². The van der Waals surface area contributed by atoms with Gasteiger partial charge in [-0.1, -0.05) is 19.3 Å². The first-order valence-corrected chi connectivity index (χ1v) is 7.73. The van der Waals surface area contributed by atoms with E-state index >= 15 is 0 Å². The fraction of sp³-hybridized carbons (Fsp3) is 0.471. The first-order chi connectivity index (χ1) is 10.7. The molecule has 1 unspecified atom stereocenters. The van der Waals surface area contributed by atoms with Gasteiger partial charge in [-0.3, -0.25) is 5.32 Å². The van der Waals surface area contributed by atoms with Crippen LogP contribution in [0.25, 0.3) is 0 Å². The van der Waals surface area contributed by atoms with E-state index in [4.69, 9.17) is 10.5 Å². The Morgan fingerprint density at radius 1 is 1.18 bits per heavy atom. The molecule has 5 heteroatoms. The standard InChI is InChI=1S/C17H21N5/c1-13(15-5-3-2-4-6-15)21-17(20-12-19)22-16-9-7-14(11-18)8-10-16/h7-10,13,15H,2-6H2,1H3,(H2,20,21,22). The van der Waals surface area contributed by atoms with Gasteiger partial charge < -0.3 is 5.32 Å². The summed E-state index contributed by atoms with van der Waals surface area (Å²) in [6, 6.07) is 9.34. The molecular formula is C17H21N5. The largest absolute Gasteiger partial charge is 0.326 e. The van der Waals surface area contributed by atoms with Crippen molar-refractivity contribution in [3.63, 3.8) is 0 Å². The Bertz CT molecular complexity index is 585. The Hall–Kier alpha value is -2.53. The number of rotatable bonds is 3. The van der Waals surface area contributed by atoms with Gasteiger partial charge in [0, 0.05) is 5.69 Å². The smallest absolute Gasteiger partial charge is 0.209 e. The van der Waals surface area contributed by atoms with Crippen molar-refractivity contribution in [3.05, 3.63) is 29.8 Å². The summed E-state index contributed by atoms with van der Waals surface area (Å²) in [6.07, 6.45) is 8.21. The van der Waals surface area contributed by atoms with E-state index in [1.165, 1.54) is 32.1 Å². The molecule has 22 heavy (non-hydrogen) atoms. The normalized spacial score (nSPS) is 17.1. The topological polar surface area (TPSA) is 84.0 Å². The van der Waals surface area contributed by atoms with Crippen LogP contribution in [0.5, 0.6) is 0 Å². The average Bonchev–Trinajstić information content (AvgIpc) is 2.56. The molecule has 0 radical (unpaired) electrons. The van der Waals surface area contributed by atoms with Crippen LogP contribution in [0.2, 0.25) is 0 Å². The third-order valence-electron chi connectivity index (χ3n) is 4.12. The van der Waals surface area contributed by atoms with Crippen LogP contribution in [0.3, 0.4) is 0 Å². The summed E-state index contributed by atoms with van der Waals surface area (Å²) >= 11 is 0. The maximum Gasteiger partial charge on any atom is 0.209 e. The van der Waals surface area contributed by atoms with Gasteiger partial charge in [-0.15, -0.1) is 0 Å². The zero-order valence-corrected chi connectivity index (χ0v) is 12.8. The number of hydrogen-bond donors (Lipinski definition) is 2. The minimum atomic E-state index is 0.182. The summed E-state index contributed by atoms with van der Waals surface area (Å²) in [5, 5.41) is 23.4. The molecule has 1 atom stereocenters. The van der Waals surface area contributed by atoms with Gasteiger partial charge in [-0.2, -0.15) is 10.5 Å². The molecule has 2 rings (SSSR count). The third-order valence-corrected chi connectivity index (χ3v) is 4.12. The van der Waals surface area contributed by atoms with Crippen molar-refractivity contribution in [3.8, 4) is 12.3 Å². The van der Waals surface area contributed by atoms with Gasteiger partial charge in [0.25, 0.3) is 0 Å². The molecule has 1 aromatic carbocycles. The molecule has 1 aromatic rings. The molecule has 1 aliphatic carbocycles. The van der Waals surface area contributed by atoms with Crippen LogP contribution in [0.15, 0.2) is 29.3 Å². The van der Waals surface area contributed by atoms with Gasteiger partial charge in [-0.05, 0) is 49.9 Å². The maximum absolute atomic E-state index is 8.90. The quantitative estimate of drug-likeness (QED) is 0.387. The van der Waals surface area contributed by atoms with Crippen LogP contribution >= 0.6 is 0 Å². The highest BCUT2D eigenvalue weighted by Gasteiger charge is 2.20. The first kappa shape index (κ1) is 15.9. The molecule has 114 valence electrons. The minimum absolute atomic E-state index is 0.182. The summed E-state index contributed by atoms with van der Waals surface area (Å²) in [6.45, 7) is 2.11. The summed E-state index contributed by atoms with van der Waals surface area (Å²) in [5.74, 6) is 1.05. The first-order valence-electron chi connectivity index (χ1n) is 7.73. The van der Waals surface area contributed by atoms with Crippen molar-refractivity contribution in [2.45, 2.75) is 45.1 Å². The number of nitrogens with one attached hydrogen (secondary N) is 2. The van der Waals surface area contributed by atoms with Gasteiger partial charge in [0.05, 0.1) is 17.7 Å². The molecule has 1 saturated carbocycles. The monoisotopic (exact) mass is 295 g/mol. The number of hydrogen-bond acceptors (Lipinski definition) is 3. The second-order valence-electron chi connectivity index (χ2n) is 5.67.